The fraction of sp³-hybridized carbons (Fsp3) is 0.273. The number of aromatic nitrogens is 2. The predicted molar refractivity (Wildman–Crippen MR) is 62.9 cm³/mol. The van der Waals surface area contributed by atoms with Crippen LogP contribution < -0.4 is 5.32 Å². The average Bonchev–Trinajstić information content (AvgIpc) is 2.84. The Morgan fingerprint density at radius 2 is 1.74 bits per heavy atom. The van der Waals surface area contributed by atoms with Crippen molar-refractivity contribution in [1.29, 1.82) is 0 Å². The van der Waals surface area contributed by atoms with Gasteiger partial charge in [-0.25, -0.2) is 4.98 Å². The highest BCUT2D eigenvalue weighted by atomic mass is 32.1. The van der Waals surface area contributed by atoms with E-state index in [0.29, 0.717) is 5.69 Å². The number of hydrogen-bond acceptors (Lipinski definition) is 4. The molecule has 0 aliphatic carbocycles. The third kappa shape index (κ3) is 2.83. The summed E-state index contributed by atoms with van der Waals surface area (Å²) >= 11 is 1.40. The van der Waals surface area contributed by atoms with Crippen molar-refractivity contribution in [3.8, 4) is 0 Å². The number of pyridine rings is 1. The Labute approximate surface area is 110 Å². The largest absolute Gasteiger partial charge is 0.374 e. The van der Waals surface area contributed by atoms with Gasteiger partial charge in [0, 0.05) is 5.38 Å². The van der Waals surface area contributed by atoms with Crippen molar-refractivity contribution in [3.63, 3.8) is 0 Å². The van der Waals surface area contributed by atoms with E-state index in [2.05, 4.69) is 15.3 Å². The van der Waals surface area contributed by atoms with E-state index in [-0.39, 0.29) is 6.54 Å². The van der Waals surface area contributed by atoms with Crippen LogP contribution in [-0.4, -0.2) is 9.97 Å². The third-order valence-electron chi connectivity index (χ3n) is 2.35. The molecule has 0 aromatic carbocycles. The predicted octanol–water partition coefficient (Wildman–Crippen LogP) is 3.27. The monoisotopic (exact) mass is 291 g/mol. The van der Waals surface area contributed by atoms with Crippen LogP contribution in [0, 0.1) is 23.5 Å². The van der Waals surface area contributed by atoms with E-state index in [4.69, 9.17) is 0 Å². The minimum absolute atomic E-state index is 0.0345. The topological polar surface area (TPSA) is 37.8 Å². The molecule has 0 aliphatic heterocycles. The van der Waals surface area contributed by atoms with Crippen molar-refractivity contribution in [2.24, 2.45) is 0 Å². The zero-order valence-corrected chi connectivity index (χ0v) is 10.6. The average molecular weight is 291 g/mol. The molecule has 0 fully saturated rings. The Kier molecular flexibility index (Phi) is 3.98. The van der Waals surface area contributed by atoms with E-state index in [0.717, 1.165) is 11.4 Å². The third-order valence-corrected chi connectivity index (χ3v) is 3.39. The van der Waals surface area contributed by atoms with E-state index in [1.54, 1.807) is 5.38 Å². The first-order chi connectivity index (χ1) is 9.02. The quantitative estimate of drug-likeness (QED) is 0.694. The minimum atomic E-state index is -1.69. The first kappa shape index (κ1) is 13.7. The number of nitrogens with zero attached hydrogens (tertiary/aromatic N) is 2. The molecule has 0 aliphatic rings. The van der Waals surface area contributed by atoms with Crippen LogP contribution in [0.4, 0.5) is 23.2 Å². The van der Waals surface area contributed by atoms with Crippen LogP contribution in [-0.2, 0) is 13.0 Å². The fourth-order valence-corrected chi connectivity index (χ4v) is 2.16. The number of halogens is 4. The van der Waals surface area contributed by atoms with Crippen LogP contribution >= 0.6 is 11.3 Å². The first-order valence-electron chi connectivity index (χ1n) is 5.40. The summed E-state index contributed by atoms with van der Waals surface area (Å²) in [5, 5.41) is 4.86. The van der Waals surface area contributed by atoms with Crippen LogP contribution in [0.5, 0.6) is 0 Å². The van der Waals surface area contributed by atoms with Gasteiger partial charge in [0.1, 0.15) is 5.69 Å². The van der Waals surface area contributed by atoms with Crippen LogP contribution in [0.25, 0.3) is 0 Å². The normalized spacial score (nSPS) is 10.8. The number of aryl methyl sites for hydroxylation is 1. The summed E-state index contributed by atoms with van der Waals surface area (Å²) in [6, 6.07) is 0. The molecule has 0 saturated carbocycles. The van der Waals surface area contributed by atoms with Crippen molar-refractivity contribution in [3.05, 3.63) is 39.6 Å². The Bertz CT molecular complexity index is 574. The van der Waals surface area contributed by atoms with Gasteiger partial charge in [-0.2, -0.15) is 22.5 Å². The highest BCUT2D eigenvalue weighted by molar-refractivity contribution is 7.09. The smallest absolute Gasteiger partial charge is 0.253 e. The lowest BCUT2D eigenvalue weighted by molar-refractivity contribution is 0.410. The first-order valence-corrected chi connectivity index (χ1v) is 6.28. The van der Waals surface area contributed by atoms with Gasteiger partial charge in [0.05, 0.1) is 17.2 Å². The molecule has 19 heavy (non-hydrogen) atoms. The Balaban J connectivity index is 2.19. The second-order valence-corrected chi connectivity index (χ2v) is 4.58. The molecule has 0 amide bonds. The standard InChI is InChI=1S/C11H9F4N3S/c1-2-6-17-5(4-19-6)3-16-9-7(12)10(14)18-11(15)8(9)13/h4H,2-3H2,1H3,(H,16,18). The second kappa shape index (κ2) is 5.52. The van der Waals surface area contributed by atoms with Crippen LogP contribution in [0.3, 0.4) is 0 Å². The number of anilines is 1. The summed E-state index contributed by atoms with van der Waals surface area (Å²) in [6.45, 7) is 1.89. The molecule has 3 nitrogen and oxygen atoms in total. The lowest BCUT2D eigenvalue weighted by atomic mass is 10.3. The zero-order chi connectivity index (χ0) is 14.0. The number of thiazole rings is 1. The maximum atomic E-state index is 13.3. The summed E-state index contributed by atoms with van der Waals surface area (Å²) in [5.74, 6) is -6.47. The maximum Gasteiger partial charge on any atom is 0.253 e. The molecule has 102 valence electrons. The molecule has 0 saturated heterocycles. The summed E-state index contributed by atoms with van der Waals surface area (Å²) in [4.78, 5) is 6.62. The fourth-order valence-electron chi connectivity index (χ4n) is 1.41. The molecule has 0 unspecified atom stereocenters. The highest BCUT2D eigenvalue weighted by Crippen LogP contribution is 2.22. The lowest BCUT2D eigenvalue weighted by Crippen LogP contribution is -2.09. The highest BCUT2D eigenvalue weighted by Gasteiger charge is 2.20. The van der Waals surface area contributed by atoms with Gasteiger partial charge in [-0.3, -0.25) is 0 Å². The maximum absolute atomic E-state index is 13.3. The van der Waals surface area contributed by atoms with Gasteiger partial charge in [0.15, 0.2) is 0 Å². The second-order valence-electron chi connectivity index (χ2n) is 3.64. The number of rotatable bonds is 4. The minimum Gasteiger partial charge on any atom is -0.374 e. The van der Waals surface area contributed by atoms with E-state index in [1.807, 2.05) is 6.92 Å². The lowest BCUT2D eigenvalue weighted by Gasteiger charge is -2.07. The van der Waals surface area contributed by atoms with Gasteiger partial charge in [0.25, 0.3) is 11.9 Å². The van der Waals surface area contributed by atoms with Crippen molar-refractivity contribution in [2.75, 3.05) is 5.32 Å². The van der Waals surface area contributed by atoms with Crippen molar-refractivity contribution in [2.45, 2.75) is 19.9 Å². The molecule has 1 N–H and O–H groups in total. The summed E-state index contributed by atoms with van der Waals surface area (Å²) in [6.07, 6.45) is 0.742. The van der Waals surface area contributed by atoms with Gasteiger partial charge in [-0.15, -0.1) is 11.3 Å². The molecule has 2 rings (SSSR count). The van der Waals surface area contributed by atoms with Crippen LogP contribution in [0.2, 0.25) is 0 Å². The molecule has 0 bridgehead atoms. The Morgan fingerprint density at radius 3 is 2.26 bits per heavy atom. The zero-order valence-electron chi connectivity index (χ0n) is 9.81. The Morgan fingerprint density at radius 1 is 1.11 bits per heavy atom. The van der Waals surface area contributed by atoms with Gasteiger partial charge in [0.2, 0.25) is 11.6 Å². The molecular formula is C11H9F4N3S. The molecule has 8 heteroatoms. The SMILES string of the molecule is CCc1nc(CNc2c(F)c(F)nc(F)c2F)cs1. The van der Waals surface area contributed by atoms with Gasteiger partial charge in [-0.1, -0.05) is 6.92 Å². The van der Waals surface area contributed by atoms with E-state index in [9.17, 15) is 17.6 Å². The molecule has 2 aromatic heterocycles. The Hall–Kier alpha value is -1.70. The van der Waals surface area contributed by atoms with E-state index in [1.165, 1.54) is 11.3 Å². The summed E-state index contributed by atoms with van der Waals surface area (Å²) in [5.41, 5.74) is -0.339. The molecule has 0 spiro atoms. The molecule has 2 aromatic rings. The van der Waals surface area contributed by atoms with Crippen LogP contribution in [0.1, 0.15) is 17.6 Å². The van der Waals surface area contributed by atoms with Crippen molar-refractivity contribution in [1.82, 2.24) is 9.97 Å². The van der Waals surface area contributed by atoms with Crippen molar-refractivity contribution < 1.29 is 17.6 Å². The summed E-state index contributed by atoms with van der Waals surface area (Å²) in [7, 11) is 0. The molecule has 0 atom stereocenters. The number of hydrogen-bond donors (Lipinski definition) is 1. The van der Waals surface area contributed by atoms with E-state index < -0.39 is 29.2 Å². The number of nitrogens with one attached hydrogen (secondary N) is 1. The van der Waals surface area contributed by atoms with Crippen molar-refractivity contribution >= 4 is 17.0 Å². The van der Waals surface area contributed by atoms with Gasteiger partial charge >= 0.3 is 0 Å². The molecule has 2 heterocycles. The molecule has 0 radical (unpaired) electrons. The van der Waals surface area contributed by atoms with Crippen LogP contribution in [0.15, 0.2) is 5.38 Å². The van der Waals surface area contributed by atoms with Gasteiger partial charge < -0.3 is 5.32 Å². The summed E-state index contributed by atoms with van der Waals surface area (Å²) < 4.78 is 52.3. The molecular weight excluding hydrogens is 282 g/mol. The van der Waals surface area contributed by atoms with Gasteiger partial charge in [-0.05, 0) is 6.42 Å². The van der Waals surface area contributed by atoms with E-state index >= 15 is 0 Å².